The largest absolute Gasteiger partial charge is 0.445 e. The number of nitrogens with zero attached hydrogens (tertiary/aromatic N) is 2. The Labute approximate surface area is 205 Å². The van der Waals surface area contributed by atoms with Crippen LogP contribution in [0.2, 0.25) is 0 Å². The highest BCUT2D eigenvalue weighted by atomic mass is 17.2. The van der Waals surface area contributed by atoms with Crippen LogP contribution in [0.15, 0.2) is 29.3 Å². The fourth-order valence-electron chi connectivity index (χ4n) is 3.55. The lowest BCUT2D eigenvalue weighted by Gasteiger charge is -2.32. The number of piperidine rings is 1. The first-order valence-electron chi connectivity index (χ1n) is 11.9. The number of likely N-dealkylation sites (tertiary alicyclic amines) is 1. The highest BCUT2D eigenvalue weighted by molar-refractivity contribution is 6.04. The molecule has 2 N–H and O–H groups in total. The normalized spacial score (nSPS) is 15.6. The van der Waals surface area contributed by atoms with Crippen molar-refractivity contribution in [2.45, 2.75) is 72.0 Å². The summed E-state index contributed by atoms with van der Waals surface area (Å²) in [6, 6.07) is 6.37. The van der Waals surface area contributed by atoms with E-state index in [0.29, 0.717) is 49.9 Å². The van der Waals surface area contributed by atoms with Gasteiger partial charge in [-0.3, -0.25) is 14.5 Å². The number of Topliss-reactive ketones (excluding diaryl/α,β-unsaturated/α-hetero) is 1. The predicted octanol–water partition coefficient (Wildman–Crippen LogP) is 3.41. The van der Waals surface area contributed by atoms with Crippen molar-refractivity contribution in [2.75, 3.05) is 13.1 Å². The van der Waals surface area contributed by atoms with E-state index in [1.807, 2.05) is 6.92 Å². The Hall–Kier alpha value is -3.27. The molecule has 2 amide bonds. The van der Waals surface area contributed by atoms with Crippen molar-refractivity contribution < 1.29 is 33.7 Å². The molecule has 0 aromatic heterocycles. The summed E-state index contributed by atoms with van der Waals surface area (Å²) in [5, 5.41) is 0. The van der Waals surface area contributed by atoms with Gasteiger partial charge in [-0.2, -0.15) is 9.88 Å². The smallest absolute Gasteiger partial charge is 0.435 e. The van der Waals surface area contributed by atoms with Gasteiger partial charge in [0.15, 0.2) is 5.78 Å². The van der Waals surface area contributed by atoms with Gasteiger partial charge >= 0.3 is 12.1 Å². The minimum atomic E-state index is -0.780. The molecule has 1 fully saturated rings. The molecule has 0 bridgehead atoms. The number of benzene rings is 1. The number of hydrogen-bond donors (Lipinski definition) is 1. The molecule has 0 unspecified atom stereocenters. The molecule has 1 heterocycles. The first-order chi connectivity index (χ1) is 16.6. The average molecular weight is 490 g/mol. The summed E-state index contributed by atoms with van der Waals surface area (Å²) in [6.45, 7) is 7.97. The Morgan fingerprint density at radius 2 is 1.66 bits per heavy atom. The lowest BCUT2D eigenvalue weighted by molar-refractivity contribution is -0.303. The molecule has 192 valence electrons. The van der Waals surface area contributed by atoms with E-state index in [4.69, 9.17) is 20.2 Å². The number of carbonyl (C=O) groups excluding carboxylic acids is 4. The average Bonchev–Trinajstić information content (AvgIpc) is 2.82. The van der Waals surface area contributed by atoms with E-state index in [-0.39, 0.29) is 36.2 Å². The van der Waals surface area contributed by atoms with Crippen molar-refractivity contribution in [2.24, 2.45) is 16.6 Å². The van der Waals surface area contributed by atoms with Crippen LogP contribution in [-0.4, -0.2) is 59.8 Å². The van der Waals surface area contributed by atoms with Crippen LogP contribution in [0.4, 0.5) is 4.79 Å². The Morgan fingerprint density at radius 3 is 2.23 bits per heavy atom. The molecule has 1 aliphatic heterocycles. The molecule has 1 atom stereocenters. The molecule has 10 heteroatoms. The Kier molecular flexibility index (Phi) is 10.8. The van der Waals surface area contributed by atoms with Crippen molar-refractivity contribution in [3.8, 4) is 0 Å². The van der Waals surface area contributed by atoms with Crippen LogP contribution in [0.5, 0.6) is 0 Å². The van der Waals surface area contributed by atoms with Gasteiger partial charge in [0.1, 0.15) is 11.9 Å². The number of aliphatic imine (C=N–C) groups is 1. The maximum atomic E-state index is 12.8. The second-order valence-corrected chi connectivity index (χ2v) is 8.86. The van der Waals surface area contributed by atoms with Gasteiger partial charge in [-0.25, -0.2) is 9.59 Å². The highest BCUT2D eigenvalue weighted by Crippen LogP contribution is 2.19. The fraction of sp³-hybridized carbons (Fsp3) is 0.560. The van der Waals surface area contributed by atoms with Gasteiger partial charge in [0, 0.05) is 43.0 Å². The molecule has 10 nitrogen and oxygen atoms in total. The van der Waals surface area contributed by atoms with E-state index in [9.17, 15) is 19.2 Å². The van der Waals surface area contributed by atoms with E-state index in [1.165, 1.54) is 0 Å². The molecule has 35 heavy (non-hydrogen) atoms. The lowest BCUT2D eigenvalue weighted by atomic mass is 9.96. The zero-order valence-electron chi connectivity index (χ0n) is 20.8. The predicted molar refractivity (Wildman–Crippen MR) is 129 cm³/mol. The third-order valence-electron chi connectivity index (χ3n) is 5.45. The van der Waals surface area contributed by atoms with Crippen LogP contribution in [0.25, 0.3) is 0 Å². The standard InChI is InChI=1S/C25H35N3O7/c1-5-6-22(30)35-34-20-11-13-28(14-12-20)24(31)17(4)15-21(29)18-7-9-19(10-8-18)23(26)27-25(32)33-16(2)3/h7-10,16-17,20H,5-6,11-15H2,1-4H3,(H2,26,27,32)/t17-/m1/s1. The van der Waals surface area contributed by atoms with Gasteiger partial charge in [-0.05, 0) is 33.1 Å². The zero-order chi connectivity index (χ0) is 26.0. The summed E-state index contributed by atoms with van der Waals surface area (Å²) in [7, 11) is 0. The molecule has 0 saturated carbocycles. The van der Waals surface area contributed by atoms with Crippen LogP contribution < -0.4 is 5.73 Å². The number of nitrogens with two attached hydrogens (primary N) is 1. The van der Waals surface area contributed by atoms with Crippen molar-refractivity contribution in [3.63, 3.8) is 0 Å². The van der Waals surface area contributed by atoms with E-state index in [2.05, 4.69) is 4.99 Å². The van der Waals surface area contributed by atoms with Gasteiger partial charge in [0.2, 0.25) is 5.91 Å². The van der Waals surface area contributed by atoms with Crippen LogP contribution in [0, 0.1) is 5.92 Å². The van der Waals surface area contributed by atoms with E-state index >= 15 is 0 Å². The van der Waals surface area contributed by atoms with Crippen molar-refractivity contribution in [1.29, 1.82) is 0 Å². The molecule has 1 aromatic carbocycles. The van der Waals surface area contributed by atoms with Crippen LogP contribution in [0.1, 0.15) is 75.7 Å². The molecule has 1 aliphatic rings. The van der Waals surface area contributed by atoms with Gasteiger partial charge in [0.25, 0.3) is 0 Å². The molecule has 0 aliphatic carbocycles. The summed E-state index contributed by atoms with van der Waals surface area (Å²) >= 11 is 0. The van der Waals surface area contributed by atoms with Crippen molar-refractivity contribution in [1.82, 2.24) is 4.90 Å². The topological polar surface area (TPSA) is 138 Å². The Bertz CT molecular complexity index is 919. The van der Waals surface area contributed by atoms with Crippen molar-refractivity contribution >= 4 is 29.6 Å². The van der Waals surface area contributed by atoms with Gasteiger partial charge in [0.05, 0.1) is 6.10 Å². The monoisotopic (exact) mass is 489 g/mol. The number of amidine groups is 1. The first kappa shape index (κ1) is 28.0. The summed E-state index contributed by atoms with van der Waals surface area (Å²) in [5.74, 6) is -1.16. The Balaban J connectivity index is 1.84. The summed E-state index contributed by atoms with van der Waals surface area (Å²) in [4.78, 5) is 63.9. The number of amides is 2. The summed E-state index contributed by atoms with van der Waals surface area (Å²) in [5.41, 5.74) is 6.76. The zero-order valence-corrected chi connectivity index (χ0v) is 20.8. The third kappa shape index (κ3) is 9.12. The van der Waals surface area contributed by atoms with E-state index in [0.717, 1.165) is 0 Å². The Morgan fingerprint density at radius 1 is 1.06 bits per heavy atom. The minimum absolute atomic E-state index is 0.00860. The number of ether oxygens (including phenoxy) is 1. The highest BCUT2D eigenvalue weighted by Gasteiger charge is 2.28. The maximum Gasteiger partial charge on any atom is 0.435 e. The van der Waals surface area contributed by atoms with Crippen LogP contribution in [0.3, 0.4) is 0 Å². The van der Waals surface area contributed by atoms with Gasteiger partial charge in [-0.15, -0.1) is 0 Å². The minimum Gasteiger partial charge on any atom is -0.445 e. The van der Waals surface area contributed by atoms with Gasteiger partial charge < -0.3 is 15.4 Å². The van der Waals surface area contributed by atoms with E-state index in [1.54, 1.807) is 49.9 Å². The maximum absolute atomic E-state index is 12.8. The van der Waals surface area contributed by atoms with Crippen molar-refractivity contribution in [3.05, 3.63) is 35.4 Å². The summed E-state index contributed by atoms with van der Waals surface area (Å²) < 4.78 is 4.93. The molecule has 0 spiro atoms. The second-order valence-electron chi connectivity index (χ2n) is 8.86. The molecular weight excluding hydrogens is 454 g/mol. The quantitative estimate of drug-likeness (QED) is 0.173. The third-order valence-corrected chi connectivity index (χ3v) is 5.45. The van der Waals surface area contributed by atoms with Crippen LogP contribution in [-0.2, 0) is 24.1 Å². The molecule has 0 radical (unpaired) electrons. The second kappa shape index (κ2) is 13.6. The SMILES string of the molecule is CCCC(=O)OOC1CCN(C(=O)[C@H](C)CC(=O)c2ccc(C(N)=NC(=O)OC(C)C)cc2)CC1. The lowest BCUT2D eigenvalue weighted by Crippen LogP contribution is -2.43. The summed E-state index contributed by atoms with van der Waals surface area (Å²) in [6.07, 6.45) is 0.845. The fourth-order valence-corrected chi connectivity index (χ4v) is 3.55. The van der Waals surface area contributed by atoms with Gasteiger partial charge in [-0.1, -0.05) is 38.1 Å². The molecular formula is C25H35N3O7. The number of ketones is 1. The van der Waals surface area contributed by atoms with E-state index < -0.39 is 18.0 Å². The number of rotatable bonds is 10. The molecule has 1 saturated heterocycles. The number of carbonyl (C=O) groups is 4. The first-order valence-corrected chi connectivity index (χ1v) is 11.9. The molecule has 1 aromatic rings. The number of hydrogen-bond acceptors (Lipinski definition) is 7. The van der Waals surface area contributed by atoms with Crippen LogP contribution >= 0.6 is 0 Å². The molecule has 2 rings (SSSR count).